The number of carbonyl (C=O) groups excluding carboxylic acids is 1. The molecule has 0 atom stereocenters. The van der Waals surface area contributed by atoms with Crippen molar-refractivity contribution in [2.45, 2.75) is 13.8 Å². The molecule has 0 aromatic heterocycles. The van der Waals surface area contributed by atoms with E-state index in [1.807, 2.05) is 6.92 Å². The number of anilines is 2. The first kappa shape index (κ1) is 11.7. The molecule has 3 N–H and O–H groups in total. The van der Waals surface area contributed by atoms with Crippen molar-refractivity contribution in [3.8, 4) is 0 Å². The number of ether oxygens (including phenoxy) is 1. The second-order valence-electron chi connectivity index (χ2n) is 3.04. The molecule has 1 aromatic carbocycles. The van der Waals surface area contributed by atoms with Crippen LogP contribution >= 0.6 is 11.6 Å². The minimum absolute atomic E-state index is 0.317. The highest BCUT2D eigenvalue weighted by Crippen LogP contribution is 2.28. The Morgan fingerprint density at radius 1 is 1.60 bits per heavy atom. The van der Waals surface area contributed by atoms with Gasteiger partial charge in [-0.05, 0) is 31.5 Å². The molecule has 15 heavy (non-hydrogen) atoms. The lowest BCUT2D eigenvalue weighted by atomic mass is 10.2. The van der Waals surface area contributed by atoms with E-state index in [-0.39, 0.29) is 0 Å². The minimum Gasteiger partial charge on any atom is -0.450 e. The van der Waals surface area contributed by atoms with Gasteiger partial charge in [-0.25, -0.2) is 4.79 Å². The number of halogens is 1. The molecule has 4 nitrogen and oxygen atoms in total. The summed E-state index contributed by atoms with van der Waals surface area (Å²) in [7, 11) is 0. The predicted molar refractivity (Wildman–Crippen MR) is 61.2 cm³/mol. The van der Waals surface area contributed by atoms with Gasteiger partial charge in [0, 0.05) is 5.69 Å². The van der Waals surface area contributed by atoms with Crippen LogP contribution in [0, 0.1) is 6.92 Å². The Kier molecular flexibility index (Phi) is 3.80. The summed E-state index contributed by atoms with van der Waals surface area (Å²) >= 11 is 5.93. The van der Waals surface area contributed by atoms with E-state index in [1.54, 1.807) is 19.1 Å². The average molecular weight is 229 g/mol. The number of rotatable bonds is 2. The molecule has 0 aliphatic rings. The van der Waals surface area contributed by atoms with Gasteiger partial charge in [-0.3, -0.25) is 5.32 Å². The number of hydrogen-bond acceptors (Lipinski definition) is 3. The number of nitrogens with two attached hydrogens (primary N) is 1. The molecule has 0 saturated carbocycles. The maximum absolute atomic E-state index is 11.2. The van der Waals surface area contributed by atoms with Crippen LogP contribution in [0.5, 0.6) is 0 Å². The van der Waals surface area contributed by atoms with Crippen molar-refractivity contribution in [2.75, 3.05) is 17.7 Å². The smallest absolute Gasteiger partial charge is 0.411 e. The summed E-state index contributed by atoms with van der Waals surface area (Å²) in [6, 6.07) is 3.31. The second-order valence-corrected chi connectivity index (χ2v) is 3.45. The third-order valence-corrected chi connectivity index (χ3v) is 2.11. The largest absolute Gasteiger partial charge is 0.450 e. The molecule has 0 saturated heterocycles. The number of carbonyl (C=O) groups is 1. The maximum Gasteiger partial charge on any atom is 0.411 e. The molecule has 0 heterocycles. The summed E-state index contributed by atoms with van der Waals surface area (Å²) in [4.78, 5) is 11.2. The van der Waals surface area contributed by atoms with Crippen LogP contribution in [0.1, 0.15) is 12.5 Å². The molecular formula is C10H13ClN2O2. The third kappa shape index (κ3) is 3.02. The molecule has 0 radical (unpaired) electrons. The first-order chi connectivity index (χ1) is 7.04. The van der Waals surface area contributed by atoms with E-state index < -0.39 is 6.09 Å². The van der Waals surface area contributed by atoms with Crippen molar-refractivity contribution in [2.24, 2.45) is 0 Å². The number of nitrogens with one attached hydrogen (secondary N) is 1. The van der Waals surface area contributed by atoms with Gasteiger partial charge in [-0.15, -0.1) is 0 Å². The monoisotopic (exact) mass is 228 g/mol. The zero-order valence-electron chi connectivity index (χ0n) is 8.63. The quantitative estimate of drug-likeness (QED) is 0.765. The summed E-state index contributed by atoms with van der Waals surface area (Å²) in [5.41, 5.74) is 7.48. The average Bonchev–Trinajstić information content (AvgIpc) is 2.11. The molecule has 0 aliphatic heterocycles. The van der Waals surface area contributed by atoms with Crippen molar-refractivity contribution in [1.29, 1.82) is 0 Å². The van der Waals surface area contributed by atoms with Crippen LogP contribution in [-0.2, 0) is 4.74 Å². The normalized spacial score (nSPS) is 9.80. The molecule has 0 spiro atoms. The lowest BCUT2D eigenvalue weighted by molar-refractivity contribution is 0.168. The van der Waals surface area contributed by atoms with Gasteiger partial charge in [-0.2, -0.15) is 0 Å². The van der Waals surface area contributed by atoms with Gasteiger partial charge in [-0.1, -0.05) is 11.6 Å². The minimum atomic E-state index is -0.521. The van der Waals surface area contributed by atoms with Gasteiger partial charge in [0.25, 0.3) is 0 Å². The van der Waals surface area contributed by atoms with Gasteiger partial charge in [0.05, 0.1) is 17.3 Å². The second kappa shape index (κ2) is 4.89. The Morgan fingerprint density at radius 3 is 2.80 bits per heavy atom. The molecular weight excluding hydrogens is 216 g/mol. The highest BCUT2D eigenvalue weighted by molar-refractivity contribution is 6.34. The van der Waals surface area contributed by atoms with Gasteiger partial charge in [0.15, 0.2) is 0 Å². The fraction of sp³-hybridized carbons (Fsp3) is 0.300. The number of amides is 1. The van der Waals surface area contributed by atoms with Crippen LogP contribution in [0.3, 0.4) is 0 Å². The molecule has 1 rings (SSSR count). The Morgan fingerprint density at radius 2 is 2.27 bits per heavy atom. The topological polar surface area (TPSA) is 64.3 Å². The number of nitrogen functional groups attached to an aromatic ring is 1. The highest BCUT2D eigenvalue weighted by Gasteiger charge is 2.09. The summed E-state index contributed by atoms with van der Waals surface area (Å²) in [5, 5.41) is 2.96. The van der Waals surface area contributed by atoms with Crippen molar-refractivity contribution in [3.63, 3.8) is 0 Å². The first-order valence-corrected chi connectivity index (χ1v) is 4.91. The fourth-order valence-electron chi connectivity index (χ4n) is 1.20. The van der Waals surface area contributed by atoms with Crippen LogP contribution in [0.2, 0.25) is 5.02 Å². The Balaban J connectivity index is 2.90. The van der Waals surface area contributed by atoms with Crippen molar-refractivity contribution in [3.05, 3.63) is 22.7 Å². The van der Waals surface area contributed by atoms with Crippen molar-refractivity contribution < 1.29 is 9.53 Å². The number of benzene rings is 1. The first-order valence-electron chi connectivity index (χ1n) is 4.54. The zero-order chi connectivity index (χ0) is 11.4. The van der Waals surface area contributed by atoms with Crippen LogP contribution in [-0.4, -0.2) is 12.7 Å². The van der Waals surface area contributed by atoms with E-state index >= 15 is 0 Å². The molecule has 0 unspecified atom stereocenters. The Labute approximate surface area is 93.4 Å². The Hall–Kier alpha value is -1.42. The number of hydrogen-bond donors (Lipinski definition) is 2. The molecule has 0 aliphatic carbocycles. The fourth-order valence-corrected chi connectivity index (χ4v) is 1.52. The SMILES string of the molecule is CCOC(=O)Nc1c(C)cc(N)cc1Cl. The van der Waals surface area contributed by atoms with Crippen molar-refractivity contribution >= 4 is 29.1 Å². The van der Waals surface area contributed by atoms with E-state index in [1.165, 1.54) is 0 Å². The van der Waals surface area contributed by atoms with E-state index in [0.29, 0.717) is 23.0 Å². The summed E-state index contributed by atoms with van der Waals surface area (Å²) in [5.74, 6) is 0. The molecule has 0 fully saturated rings. The van der Waals surface area contributed by atoms with Crippen LogP contribution < -0.4 is 11.1 Å². The lowest BCUT2D eigenvalue weighted by Gasteiger charge is -2.10. The Bertz CT molecular complexity index is 357. The summed E-state index contributed by atoms with van der Waals surface area (Å²) in [6.45, 7) is 3.86. The molecule has 0 bridgehead atoms. The van der Waals surface area contributed by atoms with Crippen LogP contribution in [0.15, 0.2) is 12.1 Å². The van der Waals surface area contributed by atoms with E-state index in [0.717, 1.165) is 5.56 Å². The van der Waals surface area contributed by atoms with Gasteiger partial charge in [0.1, 0.15) is 0 Å². The van der Waals surface area contributed by atoms with E-state index in [4.69, 9.17) is 22.1 Å². The highest BCUT2D eigenvalue weighted by atomic mass is 35.5. The van der Waals surface area contributed by atoms with E-state index in [2.05, 4.69) is 5.32 Å². The van der Waals surface area contributed by atoms with Crippen LogP contribution in [0.4, 0.5) is 16.2 Å². The summed E-state index contributed by atoms with van der Waals surface area (Å²) < 4.78 is 4.75. The van der Waals surface area contributed by atoms with Crippen LogP contribution in [0.25, 0.3) is 0 Å². The standard InChI is InChI=1S/C10H13ClN2O2/c1-3-15-10(14)13-9-6(2)4-7(12)5-8(9)11/h4-5H,3,12H2,1-2H3,(H,13,14). The maximum atomic E-state index is 11.2. The molecule has 82 valence electrons. The zero-order valence-corrected chi connectivity index (χ0v) is 9.39. The van der Waals surface area contributed by atoms with Crippen molar-refractivity contribution in [1.82, 2.24) is 0 Å². The molecule has 1 amide bonds. The van der Waals surface area contributed by atoms with Gasteiger partial charge in [0.2, 0.25) is 0 Å². The third-order valence-electron chi connectivity index (χ3n) is 1.81. The predicted octanol–water partition coefficient (Wildman–Crippen LogP) is 2.80. The summed E-state index contributed by atoms with van der Waals surface area (Å²) in [6.07, 6.45) is -0.521. The van der Waals surface area contributed by atoms with Gasteiger partial charge >= 0.3 is 6.09 Å². The lowest BCUT2D eigenvalue weighted by Crippen LogP contribution is -2.14. The molecule has 1 aromatic rings. The van der Waals surface area contributed by atoms with E-state index in [9.17, 15) is 4.79 Å². The molecule has 5 heteroatoms. The number of aryl methyl sites for hydroxylation is 1. The van der Waals surface area contributed by atoms with Gasteiger partial charge < -0.3 is 10.5 Å².